The van der Waals surface area contributed by atoms with Gasteiger partial charge in [0.2, 0.25) is 0 Å². The normalized spacial score (nSPS) is 15.2. The molecule has 1 aliphatic rings. The van der Waals surface area contributed by atoms with E-state index in [-0.39, 0.29) is 5.91 Å². The lowest BCUT2D eigenvalue weighted by molar-refractivity contribution is 0.0949. The molecule has 1 saturated heterocycles. The third-order valence-electron chi connectivity index (χ3n) is 3.63. The number of methoxy groups -OCH3 is 1. The molecule has 1 aromatic rings. The van der Waals surface area contributed by atoms with Crippen LogP contribution in [-0.4, -0.2) is 44.1 Å². The summed E-state index contributed by atoms with van der Waals surface area (Å²) in [6.45, 7) is 4.11. The average Bonchev–Trinajstić information content (AvgIpc) is 2.96. The zero-order chi connectivity index (χ0) is 14.4. The Kier molecular flexibility index (Phi) is 5.24. The number of ether oxygens (including phenoxy) is 1. The zero-order valence-corrected chi connectivity index (χ0v) is 12.0. The summed E-state index contributed by atoms with van der Waals surface area (Å²) in [6, 6.07) is 5.21. The quantitative estimate of drug-likeness (QED) is 0.611. The molecule has 1 aromatic carbocycles. The molecule has 0 unspecified atom stereocenters. The Morgan fingerprint density at radius 2 is 2.15 bits per heavy atom. The van der Waals surface area contributed by atoms with Gasteiger partial charge in [-0.05, 0) is 51.0 Å². The van der Waals surface area contributed by atoms with Gasteiger partial charge in [0, 0.05) is 6.54 Å². The molecule has 110 valence electrons. The molecule has 1 amide bonds. The first kappa shape index (κ1) is 14.7. The number of nitrogen functional groups attached to an aromatic ring is 1. The first-order chi connectivity index (χ1) is 9.72. The van der Waals surface area contributed by atoms with Gasteiger partial charge in [-0.3, -0.25) is 4.79 Å². The molecule has 0 aromatic heterocycles. The number of anilines is 1. The second-order valence-corrected chi connectivity index (χ2v) is 5.09. The monoisotopic (exact) mass is 277 g/mol. The van der Waals surface area contributed by atoms with Crippen molar-refractivity contribution in [3.63, 3.8) is 0 Å². The Morgan fingerprint density at radius 1 is 1.40 bits per heavy atom. The highest BCUT2D eigenvalue weighted by molar-refractivity contribution is 5.98. The molecule has 0 spiro atoms. The molecular weight excluding hydrogens is 254 g/mol. The Labute approximate surface area is 120 Å². The first-order valence-electron chi connectivity index (χ1n) is 7.15. The maximum Gasteiger partial charge on any atom is 0.255 e. The summed E-state index contributed by atoms with van der Waals surface area (Å²) in [5.74, 6) is 0.320. The summed E-state index contributed by atoms with van der Waals surface area (Å²) >= 11 is 0. The first-order valence-corrected chi connectivity index (χ1v) is 7.15. The molecule has 0 radical (unpaired) electrons. The lowest BCUT2D eigenvalue weighted by Gasteiger charge is -2.15. The van der Waals surface area contributed by atoms with Crippen molar-refractivity contribution >= 4 is 11.6 Å². The fourth-order valence-corrected chi connectivity index (χ4v) is 2.57. The molecule has 3 N–H and O–H groups in total. The van der Waals surface area contributed by atoms with E-state index in [2.05, 4.69) is 10.2 Å². The zero-order valence-electron chi connectivity index (χ0n) is 12.0. The minimum absolute atomic E-state index is 0.129. The number of rotatable bonds is 6. The van der Waals surface area contributed by atoms with Crippen LogP contribution in [0.3, 0.4) is 0 Å². The number of carbonyl (C=O) groups excluding carboxylic acids is 1. The standard InChI is InChI=1S/C15H23N3O2/c1-20-14-12(6-4-7-13(14)16)15(19)17-8-5-11-18-9-2-3-10-18/h4,6-7H,2-3,5,8-11,16H2,1H3,(H,17,19). The van der Waals surface area contributed by atoms with E-state index in [1.807, 2.05) is 0 Å². The number of amides is 1. The van der Waals surface area contributed by atoms with Gasteiger partial charge in [0.1, 0.15) is 0 Å². The van der Waals surface area contributed by atoms with Crippen molar-refractivity contribution in [2.75, 3.05) is 39.0 Å². The van der Waals surface area contributed by atoms with Crippen molar-refractivity contribution in [1.82, 2.24) is 10.2 Å². The topological polar surface area (TPSA) is 67.6 Å². The third-order valence-corrected chi connectivity index (χ3v) is 3.63. The molecule has 1 aliphatic heterocycles. The van der Waals surface area contributed by atoms with E-state index in [1.165, 1.54) is 33.0 Å². The van der Waals surface area contributed by atoms with Crippen molar-refractivity contribution in [2.45, 2.75) is 19.3 Å². The Bertz CT molecular complexity index is 456. The highest BCUT2D eigenvalue weighted by atomic mass is 16.5. The predicted molar refractivity (Wildman–Crippen MR) is 80.0 cm³/mol. The van der Waals surface area contributed by atoms with E-state index in [4.69, 9.17) is 10.5 Å². The number of hydrogen-bond acceptors (Lipinski definition) is 4. The van der Waals surface area contributed by atoms with Gasteiger partial charge in [0.05, 0.1) is 18.4 Å². The van der Waals surface area contributed by atoms with Crippen LogP contribution in [0.15, 0.2) is 18.2 Å². The minimum Gasteiger partial charge on any atom is -0.494 e. The van der Waals surface area contributed by atoms with Gasteiger partial charge in [0.15, 0.2) is 5.75 Å². The number of likely N-dealkylation sites (tertiary alicyclic amines) is 1. The van der Waals surface area contributed by atoms with Crippen LogP contribution in [0.25, 0.3) is 0 Å². The maximum atomic E-state index is 12.1. The molecule has 2 rings (SSSR count). The van der Waals surface area contributed by atoms with E-state index in [1.54, 1.807) is 18.2 Å². The van der Waals surface area contributed by atoms with Crippen LogP contribution in [0, 0.1) is 0 Å². The molecule has 0 atom stereocenters. The fraction of sp³-hybridized carbons (Fsp3) is 0.533. The summed E-state index contributed by atoms with van der Waals surface area (Å²) in [5, 5.41) is 2.92. The number of benzene rings is 1. The maximum absolute atomic E-state index is 12.1. The van der Waals surface area contributed by atoms with E-state index >= 15 is 0 Å². The van der Waals surface area contributed by atoms with Crippen molar-refractivity contribution in [3.8, 4) is 5.75 Å². The van der Waals surface area contributed by atoms with Gasteiger partial charge in [-0.15, -0.1) is 0 Å². The molecule has 0 aliphatic carbocycles. The summed E-state index contributed by atoms with van der Waals surface area (Å²) in [6.07, 6.45) is 3.57. The van der Waals surface area contributed by atoms with Gasteiger partial charge in [0.25, 0.3) is 5.91 Å². The third kappa shape index (κ3) is 3.63. The second kappa shape index (κ2) is 7.14. The minimum atomic E-state index is -0.129. The van der Waals surface area contributed by atoms with Gasteiger partial charge < -0.3 is 20.7 Å². The van der Waals surface area contributed by atoms with E-state index < -0.39 is 0 Å². The summed E-state index contributed by atoms with van der Waals surface area (Å²) in [4.78, 5) is 14.6. The van der Waals surface area contributed by atoms with Crippen LogP contribution in [-0.2, 0) is 0 Å². The van der Waals surface area contributed by atoms with Crippen molar-refractivity contribution in [2.24, 2.45) is 0 Å². The lowest BCUT2D eigenvalue weighted by Crippen LogP contribution is -2.29. The second-order valence-electron chi connectivity index (χ2n) is 5.09. The predicted octanol–water partition coefficient (Wildman–Crippen LogP) is 1.49. The Balaban J connectivity index is 1.81. The van der Waals surface area contributed by atoms with Crippen molar-refractivity contribution in [1.29, 1.82) is 0 Å². The van der Waals surface area contributed by atoms with E-state index in [0.29, 0.717) is 23.5 Å². The molecule has 0 saturated carbocycles. The molecule has 20 heavy (non-hydrogen) atoms. The van der Waals surface area contributed by atoms with Crippen LogP contribution < -0.4 is 15.8 Å². The van der Waals surface area contributed by atoms with Crippen molar-refractivity contribution < 1.29 is 9.53 Å². The van der Waals surface area contributed by atoms with Crippen LogP contribution in [0.4, 0.5) is 5.69 Å². The molecular formula is C15H23N3O2. The number of nitrogens with zero attached hydrogens (tertiary/aromatic N) is 1. The van der Waals surface area contributed by atoms with Crippen LogP contribution in [0.1, 0.15) is 29.6 Å². The molecule has 5 nitrogen and oxygen atoms in total. The number of nitrogens with one attached hydrogen (secondary N) is 1. The molecule has 1 fully saturated rings. The molecule has 1 heterocycles. The number of nitrogens with two attached hydrogens (primary N) is 1. The van der Waals surface area contributed by atoms with Crippen molar-refractivity contribution in [3.05, 3.63) is 23.8 Å². The summed E-state index contributed by atoms with van der Waals surface area (Å²) in [7, 11) is 1.52. The van der Waals surface area contributed by atoms with E-state index in [0.717, 1.165) is 13.0 Å². The highest BCUT2D eigenvalue weighted by Gasteiger charge is 2.14. The van der Waals surface area contributed by atoms with Crippen LogP contribution in [0.2, 0.25) is 0 Å². The van der Waals surface area contributed by atoms with Gasteiger partial charge in [-0.25, -0.2) is 0 Å². The van der Waals surface area contributed by atoms with Crippen LogP contribution >= 0.6 is 0 Å². The smallest absolute Gasteiger partial charge is 0.255 e. The van der Waals surface area contributed by atoms with Gasteiger partial charge >= 0.3 is 0 Å². The summed E-state index contributed by atoms with van der Waals surface area (Å²) < 4.78 is 5.19. The SMILES string of the molecule is COc1c(N)cccc1C(=O)NCCCN1CCCC1. The largest absolute Gasteiger partial charge is 0.494 e. The van der Waals surface area contributed by atoms with Gasteiger partial charge in [-0.1, -0.05) is 6.07 Å². The number of hydrogen-bond donors (Lipinski definition) is 2. The fourth-order valence-electron chi connectivity index (χ4n) is 2.57. The molecule has 5 heteroatoms. The highest BCUT2D eigenvalue weighted by Crippen LogP contribution is 2.25. The average molecular weight is 277 g/mol. The summed E-state index contributed by atoms with van der Waals surface area (Å²) in [5.41, 5.74) is 6.77. The van der Waals surface area contributed by atoms with Crippen LogP contribution in [0.5, 0.6) is 5.75 Å². The Hall–Kier alpha value is -1.75. The van der Waals surface area contributed by atoms with E-state index in [9.17, 15) is 4.79 Å². The molecule has 0 bridgehead atoms. The Morgan fingerprint density at radius 3 is 2.85 bits per heavy atom. The van der Waals surface area contributed by atoms with Gasteiger partial charge in [-0.2, -0.15) is 0 Å². The number of carbonyl (C=O) groups is 1. The lowest BCUT2D eigenvalue weighted by atomic mass is 10.1. The number of para-hydroxylation sites is 1.